The number of amides is 2. The zero-order valence-electron chi connectivity index (χ0n) is 19.4. The molecule has 6 rings (SSSR count). The molecule has 4 aliphatic rings. The van der Waals surface area contributed by atoms with Gasteiger partial charge in [-0.3, -0.25) is 9.59 Å². The highest BCUT2D eigenvalue weighted by atomic mass is 19.1. The first-order chi connectivity index (χ1) is 16.2. The van der Waals surface area contributed by atoms with Crippen LogP contribution in [-0.4, -0.2) is 28.5 Å². The van der Waals surface area contributed by atoms with Gasteiger partial charge in [-0.1, -0.05) is 36.4 Å². The average Bonchev–Trinajstić information content (AvgIpc) is 3.34. The van der Waals surface area contributed by atoms with E-state index in [4.69, 9.17) is 10.3 Å². The molecule has 2 aromatic rings. The maximum atomic E-state index is 13.3. The Labute approximate surface area is 197 Å². The molecule has 7 nitrogen and oxygen atoms in total. The third-order valence-corrected chi connectivity index (χ3v) is 7.57. The number of benzene rings is 1. The molecular formula is C26H29FN4O3. The number of nitrogens with zero attached hydrogens (tertiary/aromatic N) is 3. The zero-order valence-corrected chi connectivity index (χ0v) is 19.4. The second kappa shape index (κ2) is 8.18. The number of aromatic nitrogens is 2. The van der Waals surface area contributed by atoms with E-state index in [-0.39, 0.29) is 35.5 Å². The van der Waals surface area contributed by atoms with Crippen LogP contribution in [0, 0.1) is 5.41 Å². The van der Waals surface area contributed by atoms with Crippen molar-refractivity contribution in [2.75, 3.05) is 11.4 Å². The molecule has 0 saturated heterocycles. The fraction of sp³-hybridized carbons (Fsp3) is 0.462. The number of primary amides is 1. The summed E-state index contributed by atoms with van der Waals surface area (Å²) in [6.45, 7) is 5.89. The first kappa shape index (κ1) is 22.5. The van der Waals surface area contributed by atoms with E-state index in [0.29, 0.717) is 30.4 Å². The van der Waals surface area contributed by atoms with Crippen molar-refractivity contribution < 1.29 is 18.5 Å². The fourth-order valence-corrected chi connectivity index (χ4v) is 5.14. The molecule has 8 heteroatoms. The summed E-state index contributed by atoms with van der Waals surface area (Å²) in [7, 11) is 0. The molecular weight excluding hydrogens is 435 g/mol. The molecule has 0 radical (unpaired) electrons. The Morgan fingerprint density at radius 3 is 2.62 bits per heavy atom. The van der Waals surface area contributed by atoms with Crippen LogP contribution < -0.4 is 10.6 Å². The molecule has 1 heterocycles. The number of allylic oxidation sites excluding steroid dienone is 2. The molecule has 1 aromatic carbocycles. The smallest absolute Gasteiger partial charge is 0.244 e. The van der Waals surface area contributed by atoms with Gasteiger partial charge in [0.05, 0.1) is 5.83 Å². The lowest BCUT2D eigenvalue weighted by atomic mass is 9.57. The van der Waals surface area contributed by atoms with Gasteiger partial charge in [-0.25, -0.2) is 4.39 Å². The SMILES string of the molecule is C=C(F)CCC(=O)N(CC12CCC(C(N)=O)=C(C1)C2)c1cccc(-c2noc(C3(C)CC3)n2)c1. The number of rotatable bonds is 9. The summed E-state index contributed by atoms with van der Waals surface area (Å²) < 4.78 is 18.8. The molecule has 2 fully saturated rings. The molecule has 4 aliphatic carbocycles. The molecule has 34 heavy (non-hydrogen) atoms. The molecule has 2 N–H and O–H groups in total. The van der Waals surface area contributed by atoms with Crippen LogP contribution in [0.25, 0.3) is 11.4 Å². The Bertz CT molecular complexity index is 1200. The first-order valence-corrected chi connectivity index (χ1v) is 11.8. The van der Waals surface area contributed by atoms with Crippen LogP contribution in [0.3, 0.4) is 0 Å². The Morgan fingerprint density at radius 1 is 1.24 bits per heavy atom. The Kier molecular flexibility index (Phi) is 5.41. The van der Waals surface area contributed by atoms with Gasteiger partial charge in [-0.05, 0) is 56.1 Å². The number of carbonyl (C=O) groups is 2. The summed E-state index contributed by atoms with van der Waals surface area (Å²) in [5, 5.41) is 4.16. The predicted octanol–water partition coefficient (Wildman–Crippen LogP) is 4.74. The van der Waals surface area contributed by atoms with Gasteiger partial charge in [0.1, 0.15) is 0 Å². The van der Waals surface area contributed by atoms with Crippen molar-refractivity contribution in [3.63, 3.8) is 0 Å². The molecule has 0 unspecified atom stereocenters. The van der Waals surface area contributed by atoms with Gasteiger partial charge in [0, 0.05) is 41.6 Å². The molecule has 2 bridgehead atoms. The van der Waals surface area contributed by atoms with Crippen molar-refractivity contribution in [2.24, 2.45) is 11.1 Å². The van der Waals surface area contributed by atoms with Gasteiger partial charge in [0.25, 0.3) is 0 Å². The lowest BCUT2D eigenvalue weighted by Gasteiger charge is -2.51. The zero-order chi connectivity index (χ0) is 24.1. The molecule has 2 amide bonds. The third-order valence-electron chi connectivity index (χ3n) is 7.57. The minimum Gasteiger partial charge on any atom is -0.366 e. The van der Waals surface area contributed by atoms with Gasteiger partial charge in [0.2, 0.25) is 23.5 Å². The van der Waals surface area contributed by atoms with Crippen molar-refractivity contribution in [1.29, 1.82) is 0 Å². The van der Waals surface area contributed by atoms with Gasteiger partial charge in [-0.15, -0.1) is 0 Å². The second-order valence-electron chi connectivity index (χ2n) is 10.3. The molecule has 2 saturated carbocycles. The van der Waals surface area contributed by atoms with Gasteiger partial charge >= 0.3 is 0 Å². The monoisotopic (exact) mass is 464 g/mol. The number of fused-ring (bicyclic) bond motifs is 2. The maximum absolute atomic E-state index is 13.3. The van der Waals surface area contributed by atoms with E-state index in [2.05, 4.69) is 23.6 Å². The van der Waals surface area contributed by atoms with Crippen LogP contribution in [0.5, 0.6) is 0 Å². The minimum atomic E-state index is -0.509. The van der Waals surface area contributed by atoms with Crippen LogP contribution in [0.1, 0.15) is 64.2 Å². The summed E-state index contributed by atoms with van der Waals surface area (Å²) in [6, 6.07) is 7.51. The van der Waals surface area contributed by atoms with E-state index in [0.717, 1.165) is 48.8 Å². The van der Waals surface area contributed by atoms with Gasteiger partial charge in [0.15, 0.2) is 0 Å². The second-order valence-corrected chi connectivity index (χ2v) is 10.3. The van der Waals surface area contributed by atoms with Crippen LogP contribution in [-0.2, 0) is 15.0 Å². The van der Waals surface area contributed by atoms with E-state index in [1.807, 2.05) is 24.3 Å². The molecule has 178 valence electrons. The summed E-state index contributed by atoms with van der Waals surface area (Å²) in [6.07, 6.45) is 5.05. The number of hydrogen-bond acceptors (Lipinski definition) is 5. The molecule has 0 atom stereocenters. The van der Waals surface area contributed by atoms with E-state index in [1.54, 1.807) is 4.90 Å². The predicted molar refractivity (Wildman–Crippen MR) is 125 cm³/mol. The summed E-state index contributed by atoms with van der Waals surface area (Å²) in [5.41, 5.74) is 8.71. The maximum Gasteiger partial charge on any atom is 0.244 e. The first-order valence-electron chi connectivity index (χ1n) is 11.8. The summed E-state index contributed by atoms with van der Waals surface area (Å²) in [5.74, 6) is 0.117. The van der Waals surface area contributed by atoms with E-state index in [1.165, 1.54) is 0 Å². The lowest BCUT2D eigenvalue weighted by Crippen LogP contribution is -2.49. The van der Waals surface area contributed by atoms with Crippen LogP contribution in [0.4, 0.5) is 10.1 Å². The normalized spacial score (nSPS) is 19.4. The highest BCUT2D eigenvalue weighted by molar-refractivity contribution is 5.95. The molecule has 0 aliphatic heterocycles. The van der Waals surface area contributed by atoms with Crippen LogP contribution in [0.15, 0.2) is 52.3 Å². The van der Waals surface area contributed by atoms with E-state index in [9.17, 15) is 14.0 Å². The van der Waals surface area contributed by atoms with Crippen LogP contribution in [0.2, 0.25) is 0 Å². The highest BCUT2D eigenvalue weighted by Gasteiger charge is 2.48. The Hall–Kier alpha value is -3.29. The van der Waals surface area contributed by atoms with Gasteiger partial charge in [-0.2, -0.15) is 4.98 Å². The van der Waals surface area contributed by atoms with Crippen molar-refractivity contribution >= 4 is 17.5 Å². The summed E-state index contributed by atoms with van der Waals surface area (Å²) in [4.78, 5) is 31.2. The number of carbonyl (C=O) groups excluding carboxylic acids is 2. The Balaban J connectivity index is 1.41. The van der Waals surface area contributed by atoms with Crippen molar-refractivity contribution in [1.82, 2.24) is 10.1 Å². The number of nitrogens with two attached hydrogens (primary N) is 1. The minimum absolute atomic E-state index is 0.00815. The largest absolute Gasteiger partial charge is 0.366 e. The number of anilines is 1. The quantitative estimate of drug-likeness (QED) is 0.577. The van der Waals surface area contributed by atoms with Gasteiger partial charge < -0.3 is 15.2 Å². The molecule has 0 spiro atoms. The Morgan fingerprint density at radius 2 is 2.00 bits per heavy atom. The van der Waals surface area contributed by atoms with Crippen molar-refractivity contribution in [3.05, 3.63) is 53.7 Å². The molecule has 1 aromatic heterocycles. The number of hydrogen-bond donors (Lipinski definition) is 1. The lowest BCUT2D eigenvalue weighted by molar-refractivity contribution is -0.119. The average molecular weight is 465 g/mol. The topological polar surface area (TPSA) is 102 Å². The highest BCUT2D eigenvalue weighted by Crippen LogP contribution is 2.55. The standard InChI is InChI=1S/C26H29FN4O3/c1-16(27)6-7-21(32)31(15-26-9-8-20(22(28)33)18(13-26)14-26)19-5-3-4-17(12-19)23-29-24(34-30-23)25(2)10-11-25/h3-5,12H,1,6-11,13-15H2,2H3,(H2,28,33). The van der Waals surface area contributed by atoms with E-state index < -0.39 is 5.83 Å². The van der Waals surface area contributed by atoms with Crippen molar-refractivity contribution in [2.45, 2.75) is 63.7 Å². The fourth-order valence-electron chi connectivity index (χ4n) is 5.14. The third kappa shape index (κ3) is 4.17. The number of halogens is 1. The van der Waals surface area contributed by atoms with E-state index >= 15 is 0 Å². The van der Waals surface area contributed by atoms with Crippen LogP contribution >= 0.6 is 0 Å². The van der Waals surface area contributed by atoms with Crippen molar-refractivity contribution in [3.8, 4) is 11.4 Å². The summed E-state index contributed by atoms with van der Waals surface area (Å²) >= 11 is 0.